The maximum Gasteiger partial charge on any atom is 0.303 e. The summed E-state index contributed by atoms with van der Waals surface area (Å²) < 4.78 is 23.3. The van der Waals surface area contributed by atoms with Gasteiger partial charge in [-0.15, -0.1) is 0 Å². The first-order chi connectivity index (χ1) is 11.8. The highest BCUT2D eigenvalue weighted by molar-refractivity contribution is 9.10. The van der Waals surface area contributed by atoms with E-state index in [2.05, 4.69) is 15.9 Å². The van der Waals surface area contributed by atoms with Crippen LogP contribution >= 0.6 is 15.9 Å². The molecule has 0 aliphatic carbocycles. The minimum absolute atomic E-state index is 0.0164. The molecule has 25 heavy (non-hydrogen) atoms. The van der Waals surface area contributed by atoms with Crippen LogP contribution in [0.5, 0.6) is 5.75 Å². The molecule has 138 valence electrons. The average molecular weight is 415 g/mol. The molecule has 5 atom stereocenters. The van der Waals surface area contributed by atoms with Gasteiger partial charge in [0, 0.05) is 19.8 Å². The van der Waals surface area contributed by atoms with Gasteiger partial charge in [0.25, 0.3) is 0 Å². The van der Waals surface area contributed by atoms with Crippen LogP contribution in [0.3, 0.4) is 0 Å². The normalized spacial score (nSPS) is 28.9. The molecule has 0 spiro atoms. The van der Waals surface area contributed by atoms with E-state index in [4.69, 9.17) is 18.9 Å². The second-order valence-corrected chi connectivity index (χ2v) is 7.04. The van der Waals surface area contributed by atoms with Crippen LogP contribution in [0.25, 0.3) is 0 Å². The topological polar surface area (TPSA) is 71.1 Å². The Hall–Kier alpha value is -1.60. The van der Waals surface area contributed by atoms with E-state index in [1.54, 1.807) is 6.07 Å². The molecule has 2 rings (SSSR count). The molecule has 1 saturated heterocycles. The molecule has 2 unspecified atom stereocenters. The maximum atomic E-state index is 11.5. The van der Waals surface area contributed by atoms with Gasteiger partial charge in [0.15, 0.2) is 6.10 Å². The summed E-state index contributed by atoms with van der Waals surface area (Å²) in [4.78, 5) is 22.6. The summed E-state index contributed by atoms with van der Waals surface area (Å²) in [5.74, 6) is -0.202. The van der Waals surface area contributed by atoms with E-state index < -0.39 is 18.4 Å². The Morgan fingerprint density at radius 2 is 1.80 bits per heavy atom. The zero-order valence-corrected chi connectivity index (χ0v) is 16.3. The smallest absolute Gasteiger partial charge is 0.303 e. The van der Waals surface area contributed by atoms with Gasteiger partial charge in [-0.05, 0) is 34.0 Å². The predicted octanol–water partition coefficient (Wildman–Crippen LogP) is 3.32. The van der Waals surface area contributed by atoms with Crippen molar-refractivity contribution >= 4 is 27.9 Å². The van der Waals surface area contributed by atoms with Crippen molar-refractivity contribution in [2.45, 2.75) is 46.2 Å². The first-order valence-electron chi connectivity index (χ1n) is 8.16. The average Bonchev–Trinajstić information content (AvgIpc) is 2.54. The lowest BCUT2D eigenvalue weighted by molar-refractivity contribution is -0.253. The van der Waals surface area contributed by atoms with Crippen LogP contribution in [0.15, 0.2) is 28.7 Å². The monoisotopic (exact) mass is 414 g/mol. The molecule has 1 aliphatic heterocycles. The molecule has 1 aliphatic rings. The van der Waals surface area contributed by atoms with Crippen LogP contribution < -0.4 is 4.74 Å². The minimum Gasteiger partial charge on any atom is -0.463 e. The van der Waals surface area contributed by atoms with Crippen molar-refractivity contribution in [1.82, 2.24) is 0 Å². The van der Waals surface area contributed by atoms with Gasteiger partial charge in [-0.1, -0.05) is 26.0 Å². The lowest BCUT2D eigenvalue weighted by Gasteiger charge is -2.43. The van der Waals surface area contributed by atoms with E-state index in [0.29, 0.717) is 5.75 Å². The third-order valence-electron chi connectivity index (χ3n) is 4.34. The van der Waals surface area contributed by atoms with E-state index in [9.17, 15) is 9.59 Å². The van der Waals surface area contributed by atoms with Gasteiger partial charge in [0.2, 0.25) is 6.29 Å². The van der Waals surface area contributed by atoms with E-state index in [1.165, 1.54) is 13.8 Å². The molecule has 0 amide bonds. The molecular formula is C18H23BrO6. The molecular weight excluding hydrogens is 392 g/mol. The highest BCUT2D eigenvalue weighted by Crippen LogP contribution is 2.35. The van der Waals surface area contributed by atoms with Crippen molar-refractivity contribution in [1.29, 1.82) is 0 Å². The van der Waals surface area contributed by atoms with Crippen molar-refractivity contribution in [3.63, 3.8) is 0 Å². The van der Waals surface area contributed by atoms with E-state index in [-0.39, 0.29) is 30.5 Å². The molecule has 0 radical (unpaired) electrons. The number of hydrogen-bond donors (Lipinski definition) is 0. The van der Waals surface area contributed by atoms with Crippen molar-refractivity contribution in [3.8, 4) is 5.75 Å². The number of hydrogen-bond acceptors (Lipinski definition) is 6. The van der Waals surface area contributed by atoms with Crippen LogP contribution in [0.4, 0.5) is 0 Å². The minimum atomic E-state index is -0.797. The summed E-state index contributed by atoms with van der Waals surface area (Å²) in [7, 11) is 0. The van der Waals surface area contributed by atoms with Gasteiger partial charge in [0.1, 0.15) is 12.4 Å². The van der Waals surface area contributed by atoms with Gasteiger partial charge >= 0.3 is 11.9 Å². The number of esters is 2. The molecule has 0 aromatic heterocycles. The third kappa shape index (κ3) is 5.19. The number of rotatable bonds is 5. The Morgan fingerprint density at radius 3 is 2.40 bits per heavy atom. The lowest BCUT2D eigenvalue weighted by Crippen LogP contribution is -2.54. The quantitative estimate of drug-likeness (QED) is 0.688. The van der Waals surface area contributed by atoms with E-state index in [0.717, 1.165) is 4.47 Å². The largest absolute Gasteiger partial charge is 0.463 e. The summed E-state index contributed by atoms with van der Waals surface area (Å²) in [6, 6.07) is 7.35. The zero-order valence-electron chi connectivity index (χ0n) is 14.7. The number of benzene rings is 1. The first-order valence-corrected chi connectivity index (χ1v) is 8.96. The number of carbonyl (C=O) groups is 2. The highest BCUT2D eigenvalue weighted by Gasteiger charge is 2.45. The Balaban J connectivity index is 2.21. The summed E-state index contributed by atoms with van der Waals surface area (Å²) >= 11 is 3.43. The summed E-state index contributed by atoms with van der Waals surface area (Å²) in [5, 5.41) is 0. The fraction of sp³-hybridized carbons (Fsp3) is 0.556. The van der Waals surface area contributed by atoms with Crippen molar-refractivity contribution in [3.05, 3.63) is 28.7 Å². The lowest BCUT2D eigenvalue weighted by atomic mass is 9.83. The number of carbonyl (C=O) groups excluding carboxylic acids is 2. The van der Waals surface area contributed by atoms with Crippen LogP contribution in [0, 0.1) is 11.8 Å². The predicted molar refractivity (Wildman–Crippen MR) is 93.9 cm³/mol. The van der Waals surface area contributed by atoms with Crippen LogP contribution in [-0.4, -0.2) is 37.0 Å². The van der Waals surface area contributed by atoms with Gasteiger partial charge in [-0.25, -0.2) is 0 Å². The summed E-state index contributed by atoms with van der Waals surface area (Å²) in [5.41, 5.74) is 0. The fourth-order valence-electron chi connectivity index (χ4n) is 2.76. The van der Waals surface area contributed by atoms with Crippen LogP contribution in [0.2, 0.25) is 0 Å². The Morgan fingerprint density at radius 1 is 1.12 bits per heavy atom. The Bertz CT molecular complexity index is 617. The maximum absolute atomic E-state index is 11.5. The molecule has 1 fully saturated rings. The Kier molecular flexibility index (Phi) is 6.84. The molecule has 1 heterocycles. The zero-order chi connectivity index (χ0) is 18.6. The van der Waals surface area contributed by atoms with Crippen LogP contribution in [0.1, 0.15) is 27.7 Å². The van der Waals surface area contributed by atoms with Crippen molar-refractivity contribution in [2.24, 2.45) is 11.8 Å². The van der Waals surface area contributed by atoms with Crippen molar-refractivity contribution < 1.29 is 28.5 Å². The van der Waals surface area contributed by atoms with Gasteiger partial charge in [-0.2, -0.15) is 0 Å². The molecule has 7 heteroatoms. The van der Waals surface area contributed by atoms with Gasteiger partial charge in [-0.3, -0.25) is 9.59 Å². The van der Waals surface area contributed by atoms with Crippen molar-refractivity contribution in [2.75, 3.05) is 6.61 Å². The number of para-hydroxylation sites is 1. The molecule has 6 nitrogen and oxygen atoms in total. The fourth-order valence-corrected chi connectivity index (χ4v) is 3.14. The molecule has 0 bridgehead atoms. The Labute approximate surface area is 155 Å². The summed E-state index contributed by atoms with van der Waals surface area (Å²) in [6.45, 7) is 6.79. The SMILES string of the molecule is CC(=O)OCC1O[C@@H](Oc2ccccc2Br)C(OC(C)=O)[C@@H](C)[C@@H]1C. The van der Waals surface area contributed by atoms with E-state index in [1.807, 2.05) is 32.0 Å². The summed E-state index contributed by atoms with van der Waals surface area (Å²) in [6.07, 6.45) is -1.71. The molecule has 1 aromatic rings. The number of ether oxygens (including phenoxy) is 4. The molecule has 0 saturated carbocycles. The molecule has 0 N–H and O–H groups in total. The van der Waals surface area contributed by atoms with E-state index >= 15 is 0 Å². The standard InChI is InChI=1S/C18H23BrO6/c1-10-11(2)17(23-13(4)21)18(25-16(10)9-22-12(3)20)24-15-8-6-5-7-14(15)19/h5-8,10-11,16-18H,9H2,1-4H3/t10-,11-,16?,17?,18+/m0/s1. The highest BCUT2D eigenvalue weighted by atomic mass is 79.9. The van der Waals surface area contributed by atoms with Gasteiger partial charge < -0.3 is 18.9 Å². The van der Waals surface area contributed by atoms with Gasteiger partial charge in [0.05, 0.1) is 10.6 Å². The third-order valence-corrected chi connectivity index (χ3v) is 5.00. The molecule has 1 aromatic carbocycles. The first kappa shape index (κ1) is 19.7. The second kappa shape index (κ2) is 8.67. The second-order valence-electron chi connectivity index (χ2n) is 6.19. The van der Waals surface area contributed by atoms with Crippen LogP contribution in [-0.2, 0) is 23.8 Å². The number of halogens is 1.